The summed E-state index contributed by atoms with van der Waals surface area (Å²) in [5.41, 5.74) is 2.00. The Labute approximate surface area is 79.7 Å². The fourth-order valence-corrected chi connectivity index (χ4v) is 1.17. The summed E-state index contributed by atoms with van der Waals surface area (Å²) in [5, 5.41) is 0. The average molecular weight is 174 g/mol. The minimum Gasteiger partial charge on any atom is -0.491 e. The van der Waals surface area contributed by atoms with Gasteiger partial charge in [0.05, 0.1) is 6.10 Å². The van der Waals surface area contributed by atoms with Crippen LogP contribution in [0.1, 0.15) is 25.0 Å². The van der Waals surface area contributed by atoms with Crippen LogP contribution in [-0.4, -0.2) is 6.10 Å². The van der Waals surface area contributed by atoms with Crippen molar-refractivity contribution in [2.45, 2.75) is 26.9 Å². The molecular weight excluding hydrogens is 160 g/mol. The molecule has 68 valence electrons. The Morgan fingerprint density at radius 1 is 1.31 bits per heavy atom. The highest BCUT2D eigenvalue weighted by Crippen LogP contribution is 2.17. The van der Waals surface area contributed by atoms with Crippen LogP contribution >= 0.6 is 0 Å². The molecular formula is C12H14O. The molecule has 0 heterocycles. The second-order valence-electron chi connectivity index (χ2n) is 3.35. The van der Waals surface area contributed by atoms with Gasteiger partial charge in [-0.25, -0.2) is 0 Å². The predicted molar refractivity (Wildman–Crippen MR) is 54.9 cm³/mol. The van der Waals surface area contributed by atoms with Crippen LogP contribution in [0.2, 0.25) is 0 Å². The molecule has 0 fully saturated rings. The molecule has 0 amide bonds. The Morgan fingerprint density at radius 3 is 2.54 bits per heavy atom. The zero-order chi connectivity index (χ0) is 9.84. The molecule has 0 radical (unpaired) electrons. The second kappa shape index (κ2) is 4.00. The summed E-state index contributed by atoms with van der Waals surface area (Å²) in [6.45, 7) is 6.00. The molecule has 0 saturated heterocycles. The van der Waals surface area contributed by atoms with Gasteiger partial charge in [0.2, 0.25) is 0 Å². The lowest BCUT2D eigenvalue weighted by molar-refractivity contribution is 0.242. The summed E-state index contributed by atoms with van der Waals surface area (Å²) in [4.78, 5) is 0. The SMILES string of the molecule is C#Cc1cc(C)cc(OC(C)C)c1. The van der Waals surface area contributed by atoms with Gasteiger partial charge >= 0.3 is 0 Å². The van der Waals surface area contributed by atoms with E-state index in [4.69, 9.17) is 11.2 Å². The third-order valence-electron chi connectivity index (χ3n) is 1.59. The number of hydrogen-bond donors (Lipinski definition) is 0. The summed E-state index contributed by atoms with van der Waals surface area (Å²) in [5.74, 6) is 3.45. The zero-order valence-electron chi connectivity index (χ0n) is 8.29. The van der Waals surface area contributed by atoms with Gasteiger partial charge in [-0.3, -0.25) is 0 Å². The van der Waals surface area contributed by atoms with Gasteiger partial charge in [0.1, 0.15) is 5.75 Å². The number of rotatable bonds is 2. The lowest BCUT2D eigenvalue weighted by Gasteiger charge is -2.10. The van der Waals surface area contributed by atoms with Crippen molar-refractivity contribution >= 4 is 0 Å². The van der Waals surface area contributed by atoms with Crippen molar-refractivity contribution in [2.75, 3.05) is 0 Å². The maximum Gasteiger partial charge on any atom is 0.121 e. The maximum absolute atomic E-state index is 5.54. The van der Waals surface area contributed by atoms with Crippen molar-refractivity contribution in [3.63, 3.8) is 0 Å². The molecule has 1 aromatic rings. The van der Waals surface area contributed by atoms with Crippen LogP contribution in [-0.2, 0) is 0 Å². The maximum atomic E-state index is 5.54. The van der Waals surface area contributed by atoms with Crippen LogP contribution in [0, 0.1) is 19.3 Å². The Balaban J connectivity index is 2.96. The molecule has 0 saturated carbocycles. The summed E-state index contributed by atoms with van der Waals surface area (Å²) >= 11 is 0. The number of aryl methyl sites for hydroxylation is 1. The average Bonchev–Trinajstić information content (AvgIpc) is 2.01. The van der Waals surface area contributed by atoms with Crippen LogP contribution in [0.15, 0.2) is 18.2 Å². The molecule has 0 unspecified atom stereocenters. The molecule has 1 aromatic carbocycles. The zero-order valence-corrected chi connectivity index (χ0v) is 8.29. The summed E-state index contributed by atoms with van der Waals surface area (Å²) in [7, 11) is 0. The van der Waals surface area contributed by atoms with Crippen molar-refractivity contribution in [1.29, 1.82) is 0 Å². The first-order valence-corrected chi connectivity index (χ1v) is 4.37. The topological polar surface area (TPSA) is 9.23 Å². The minimum absolute atomic E-state index is 0.187. The first-order chi connectivity index (χ1) is 6.11. The van der Waals surface area contributed by atoms with E-state index in [1.165, 1.54) is 0 Å². The molecule has 1 rings (SSSR count). The van der Waals surface area contributed by atoms with Crippen molar-refractivity contribution < 1.29 is 4.74 Å². The highest BCUT2D eigenvalue weighted by atomic mass is 16.5. The van der Waals surface area contributed by atoms with Crippen molar-refractivity contribution in [3.8, 4) is 18.1 Å². The van der Waals surface area contributed by atoms with Crippen LogP contribution in [0.4, 0.5) is 0 Å². The Morgan fingerprint density at radius 2 is 2.00 bits per heavy atom. The van der Waals surface area contributed by atoms with Gasteiger partial charge in [0.25, 0.3) is 0 Å². The summed E-state index contributed by atoms with van der Waals surface area (Å²) in [6.07, 6.45) is 5.50. The lowest BCUT2D eigenvalue weighted by atomic mass is 10.1. The standard InChI is InChI=1S/C12H14O/c1-5-11-6-10(4)7-12(8-11)13-9(2)3/h1,6-9H,2-4H3. The highest BCUT2D eigenvalue weighted by molar-refractivity contribution is 5.41. The molecule has 1 nitrogen and oxygen atoms in total. The van der Waals surface area contributed by atoms with E-state index in [1.54, 1.807) is 0 Å². The van der Waals surface area contributed by atoms with Crippen LogP contribution in [0.25, 0.3) is 0 Å². The molecule has 0 bridgehead atoms. The Hall–Kier alpha value is -1.42. The first-order valence-electron chi connectivity index (χ1n) is 4.37. The van der Waals surface area contributed by atoms with Gasteiger partial charge in [0, 0.05) is 5.56 Å². The fraction of sp³-hybridized carbons (Fsp3) is 0.333. The molecule has 0 spiro atoms. The van der Waals surface area contributed by atoms with E-state index in [-0.39, 0.29) is 6.10 Å². The number of hydrogen-bond acceptors (Lipinski definition) is 1. The Kier molecular flexibility index (Phi) is 2.97. The van der Waals surface area contributed by atoms with E-state index >= 15 is 0 Å². The second-order valence-corrected chi connectivity index (χ2v) is 3.35. The number of terminal acetylenes is 1. The van der Waals surface area contributed by atoms with E-state index in [2.05, 4.69) is 5.92 Å². The van der Waals surface area contributed by atoms with E-state index in [0.717, 1.165) is 16.9 Å². The van der Waals surface area contributed by atoms with Crippen molar-refractivity contribution in [3.05, 3.63) is 29.3 Å². The molecule has 0 aliphatic carbocycles. The van der Waals surface area contributed by atoms with Crippen molar-refractivity contribution in [2.24, 2.45) is 0 Å². The van der Waals surface area contributed by atoms with E-state index in [9.17, 15) is 0 Å². The van der Waals surface area contributed by atoms with Gasteiger partial charge < -0.3 is 4.74 Å². The normalized spacial score (nSPS) is 9.77. The number of ether oxygens (including phenoxy) is 1. The van der Waals surface area contributed by atoms with E-state index < -0.39 is 0 Å². The fourth-order valence-electron chi connectivity index (χ4n) is 1.17. The van der Waals surface area contributed by atoms with Gasteiger partial charge in [-0.2, -0.15) is 0 Å². The molecule has 13 heavy (non-hydrogen) atoms. The molecule has 0 N–H and O–H groups in total. The first kappa shape index (κ1) is 9.67. The monoisotopic (exact) mass is 174 g/mol. The molecule has 0 aromatic heterocycles. The van der Waals surface area contributed by atoms with Gasteiger partial charge in [-0.1, -0.05) is 5.92 Å². The van der Waals surface area contributed by atoms with E-state index in [0.29, 0.717) is 0 Å². The molecule has 1 heteroatoms. The smallest absolute Gasteiger partial charge is 0.121 e. The van der Waals surface area contributed by atoms with E-state index in [1.807, 2.05) is 39.0 Å². The Bertz CT molecular complexity index is 331. The third kappa shape index (κ3) is 2.83. The lowest BCUT2D eigenvalue weighted by Crippen LogP contribution is -2.05. The van der Waals surface area contributed by atoms with Gasteiger partial charge in [-0.15, -0.1) is 6.42 Å². The minimum atomic E-state index is 0.187. The number of benzene rings is 1. The van der Waals surface area contributed by atoms with Crippen molar-refractivity contribution in [1.82, 2.24) is 0 Å². The third-order valence-corrected chi connectivity index (χ3v) is 1.59. The van der Waals surface area contributed by atoms with Crippen LogP contribution in [0.3, 0.4) is 0 Å². The molecule has 0 aliphatic heterocycles. The predicted octanol–water partition coefficient (Wildman–Crippen LogP) is 2.76. The quantitative estimate of drug-likeness (QED) is 0.626. The van der Waals surface area contributed by atoms with Crippen LogP contribution in [0.5, 0.6) is 5.75 Å². The van der Waals surface area contributed by atoms with Crippen LogP contribution < -0.4 is 4.74 Å². The summed E-state index contributed by atoms with van der Waals surface area (Å²) in [6, 6.07) is 5.83. The van der Waals surface area contributed by atoms with Gasteiger partial charge in [-0.05, 0) is 44.5 Å². The largest absolute Gasteiger partial charge is 0.491 e. The summed E-state index contributed by atoms with van der Waals surface area (Å²) < 4.78 is 5.54. The van der Waals surface area contributed by atoms with Gasteiger partial charge in [0.15, 0.2) is 0 Å². The molecule has 0 atom stereocenters. The highest BCUT2D eigenvalue weighted by Gasteiger charge is 1.99. The molecule has 0 aliphatic rings.